The molecule has 7 heteroatoms. The summed E-state index contributed by atoms with van der Waals surface area (Å²) in [6.07, 6.45) is 0.929. The first-order valence-corrected chi connectivity index (χ1v) is 12.0. The van der Waals surface area contributed by atoms with Gasteiger partial charge in [-0.3, -0.25) is 9.69 Å². The third kappa shape index (κ3) is 5.78. The molecule has 1 aromatic heterocycles. The van der Waals surface area contributed by atoms with E-state index in [0.29, 0.717) is 12.3 Å². The first kappa shape index (κ1) is 24.0. The molecule has 0 bridgehead atoms. The predicted octanol–water partition coefficient (Wildman–Crippen LogP) is 4.87. The van der Waals surface area contributed by atoms with Gasteiger partial charge in [0.2, 0.25) is 5.91 Å². The Balaban J connectivity index is 1.85. The van der Waals surface area contributed by atoms with E-state index in [-0.39, 0.29) is 18.0 Å². The van der Waals surface area contributed by atoms with E-state index in [0.717, 1.165) is 23.1 Å². The first-order chi connectivity index (χ1) is 15.4. The van der Waals surface area contributed by atoms with Crippen molar-refractivity contribution in [2.45, 2.75) is 51.0 Å². The van der Waals surface area contributed by atoms with Gasteiger partial charge >= 0.3 is 0 Å². The maximum absolute atomic E-state index is 13.2. The number of carbonyl (C=O) groups excluding carboxylic acids is 1. The molecule has 32 heavy (non-hydrogen) atoms. The molecule has 0 aliphatic heterocycles. The average molecular weight is 452 g/mol. The highest BCUT2D eigenvalue weighted by molar-refractivity contribution is 7.99. The van der Waals surface area contributed by atoms with Crippen molar-refractivity contribution in [2.24, 2.45) is 0 Å². The van der Waals surface area contributed by atoms with Gasteiger partial charge in [0.15, 0.2) is 11.0 Å². The number of benzene rings is 2. The summed E-state index contributed by atoms with van der Waals surface area (Å²) in [5.41, 5.74) is 2.10. The second kappa shape index (κ2) is 11.3. The van der Waals surface area contributed by atoms with Crippen LogP contribution in [0.5, 0.6) is 0 Å². The van der Waals surface area contributed by atoms with E-state index in [4.69, 9.17) is 0 Å². The van der Waals surface area contributed by atoms with Crippen molar-refractivity contribution in [1.82, 2.24) is 19.7 Å². The number of carbonyl (C=O) groups is 1. The number of aromatic nitrogens is 3. The van der Waals surface area contributed by atoms with Crippen molar-refractivity contribution in [2.75, 3.05) is 24.7 Å². The molecule has 0 fully saturated rings. The van der Waals surface area contributed by atoms with Crippen molar-refractivity contribution in [3.05, 3.63) is 72.1 Å². The van der Waals surface area contributed by atoms with Gasteiger partial charge < -0.3 is 9.47 Å². The Morgan fingerprint density at radius 1 is 1.00 bits per heavy atom. The van der Waals surface area contributed by atoms with E-state index in [1.165, 1.54) is 17.3 Å². The van der Waals surface area contributed by atoms with Crippen LogP contribution in [0, 0.1) is 0 Å². The highest BCUT2D eigenvalue weighted by atomic mass is 32.2. The summed E-state index contributed by atoms with van der Waals surface area (Å²) < 4.78 is 2.16. The topological polar surface area (TPSA) is 54.3 Å². The molecule has 2 aromatic carbocycles. The molecular weight excluding hydrogens is 418 g/mol. The van der Waals surface area contributed by atoms with Gasteiger partial charge in [0.25, 0.3) is 0 Å². The minimum absolute atomic E-state index is 0.0617. The SMILES string of the molecule is CC[C@H](c1nnc(SCC(=O)N(c2ccccc2)C(C)C)n1Cc1ccccc1)N(C)C. The molecule has 0 N–H and O–H groups in total. The fourth-order valence-corrected chi connectivity index (χ4v) is 4.67. The lowest BCUT2D eigenvalue weighted by Crippen LogP contribution is -2.38. The molecule has 170 valence electrons. The Labute approximate surface area is 195 Å². The Morgan fingerprint density at radius 3 is 2.19 bits per heavy atom. The average Bonchev–Trinajstić information content (AvgIpc) is 3.16. The zero-order chi connectivity index (χ0) is 23.1. The summed E-state index contributed by atoms with van der Waals surface area (Å²) in [6, 6.07) is 20.4. The minimum Gasteiger partial charge on any atom is -0.309 e. The maximum atomic E-state index is 13.2. The normalized spacial score (nSPS) is 12.3. The summed E-state index contributed by atoms with van der Waals surface area (Å²) in [4.78, 5) is 17.2. The van der Waals surface area contributed by atoms with Crippen LogP contribution in [-0.4, -0.2) is 51.5 Å². The van der Waals surface area contributed by atoms with Gasteiger partial charge in [0, 0.05) is 11.7 Å². The quantitative estimate of drug-likeness (QED) is 0.412. The maximum Gasteiger partial charge on any atom is 0.237 e. The lowest BCUT2D eigenvalue weighted by Gasteiger charge is -2.27. The van der Waals surface area contributed by atoms with Crippen LogP contribution < -0.4 is 4.90 Å². The zero-order valence-corrected chi connectivity index (χ0v) is 20.4. The van der Waals surface area contributed by atoms with Gasteiger partial charge in [0.05, 0.1) is 18.3 Å². The predicted molar refractivity (Wildman–Crippen MR) is 132 cm³/mol. The van der Waals surface area contributed by atoms with Crippen LogP contribution in [0.1, 0.15) is 44.6 Å². The largest absolute Gasteiger partial charge is 0.309 e. The number of hydrogen-bond donors (Lipinski definition) is 0. The highest BCUT2D eigenvalue weighted by Gasteiger charge is 2.24. The Morgan fingerprint density at radius 2 is 1.62 bits per heavy atom. The molecule has 0 saturated carbocycles. The van der Waals surface area contributed by atoms with E-state index < -0.39 is 0 Å². The fraction of sp³-hybridized carbons (Fsp3) is 0.400. The molecule has 0 unspecified atom stereocenters. The molecule has 0 radical (unpaired) electrons. The molecule has 1 amide bonds. The van der Waals surface area contributed by atoms with Gasteiger partial charge in [-0.1, -0.05) is 67.2 Å². The van der Waals surface area contributed by atoms with E-state index in [2.05, 4.69) is 52.8 Å². The molecule has 1 atom stereocenters. The van der Waals surface area contributed by atoms with Crippen LogP contribution in [0.4, 0.5) is 5.69 Å². The van der Waals surface area contributed by atoms with Crippen molar-refractivity contribution < 1.29 is 4.79 Å². The lowest BCUT2D eigenvalue weighted by atomic mass is 10.2. The Kier molecular flexibility index (Phi) is 8.47. The first-order valence-electron chi connectivity index (χ1n) is 11.1. The Bertz CT molecular complexity index is 988. The number of thioether (sulfide) groups is 1. The van der Waals surface area contributed by atoms with Gasteiger partial charge in [-0.15, -0.1) is 10.2 Å². The third-order valence-electron chi connectivity index (χ3n) is 5.38. The van der Waals surface area contributed by atoms with E-state index >= 15 is 0 Å². The lowest BCUT2D eigenvalue weighted by molar-refractivity contribution is -0.116. The third-order valence-corrected chi connectivity index (χ3v) is 6.33. The molecular formula is C25H33N5OS. The number of rotatable bonds is 10. The molecule has 0 saturated heterocycles. The fourth-order valence-electron chi connectivity index (χ4n) is 3.86. The van der Waals surface area contributed by atoms with Crippen molar-refractivity contribution in [3.8, 4) is 0 Å². The van der Waals surface area contributed by atoms with Crippen LogP contribution in [-0.2, 0) is 11.3 Å². The van der Waals surface area contributed by atoms with E-state index in [1.807, 2.05) is 67.3 Å². The van der Waals surface area contributed by atoms with Crippen molar-refractivity contribution in [1.29, 1.82) is 0 Å². The molecule has 0 aliphatic rings. The number of nitrogens with zero attached hydrogens (tertiary/aromatic N) is 5. The molecule has 6 nitrogen and oxygen atoms in total. The standard InChI is InChI=1S/C25H33N5OS/c1-6-22(28(4)5)24-26-27-25(29(24)17-20-13-9-7-10-14-20)32-18-23(31)30(19(2)3)21-15-11-8-12-16-21/h7-16,19,22H,6,17-18H2,1-5H3/t22-/m1/s1. The minimum atomic E-state index is 0.0617. The number of para-hydroxylation sites is 1. The summed E-state index contributed by atoms with van der Waals surface area (Å²) in [7, 11) is 4.12. The van der Waals surface area contributed by atoms with Gasteiger partial charge in [0.1, 0.15) is 0 Å². The van der Waals surface area contributed by atoms with Crippen LogP contribution in [0.2, 0.25) is 0 Å². The molecule has 3 aromatic rings. The van der Waals surface area contributed by atoms with E-state index in [9.17, 15) is 4.79 Å². The summed E-state index contributed by atoms with van der Waals surface area (Å²) in [6.45, 7) is 6.91. The summed E-state index contributed by atoms with van der Waals surface area (Å²) >= 11 is 1.45. The summed E-state index contributed by atoms with van der Waals surface area (Å²) in [5, 5.41) is 9.81. The van der Waals surface area contributed by atoms with Gasteiger partial charge in [-0.25, -0.2) is 0 Å². The zero-order valence-electron chi connectivity index (χ0n) is 19.6. The second-order valence-electron chi connectivity index (χ2n) is 8.28. The molecule has 3 rings (SSSR count). The number of amides is 1. The van der Waals surface area contributed by atoms with Crippen LogP contribution in [0.15, 0.2) is 65.8 Å². The Hall–Kier alpha value is -2.64. The van der Waals surface area contributed by atoms with Crippen LogP contribution >= 0.6 is 11.8 Å². The second-order valence-corrected chi connectivity index (χ2v) is 9.22. The van der Waals surface area contributed by atoms with Crippen molar-refractivity contribution >= 4 is 23.4 Å². The van der Waals surface area contributed by atoms with E-state index in [1.54, 1.807) is 0 Å². The van der Waals surface area contributed by atoms with Crippen molar-refractivity contribution in [3.63, 3.8) is 0 Å². The molecule has 0 aliphatic carbocycles. The smallest absolute Gasteiger partial charge is 0.237 e. The molecule has 0 spiro atoms. The number of hydrogen-bond acceptors (Lipinski definition) is 5. The van der Waals surface area contributed by atoms with Crippen LogP contribution in [0.3, 0.4) is 0 Å². The van der Waals surface area contributed by atoms with Crippen LogP contribution in [0.25, 0.3) is 0 Å². The van der Waals surface area contributed by atoms with Gasteiger partial charge in [-0.05, 0) is 52.1 Å². The monoisotopic (exact) mass is 451 g/mol. The van der Waals surface area contributed by atoms with Gasteiger partial charge in [-0.2, -0.15) is 0 Å². The summed E-state index contributed by atoms with van der Waals surface area (Å²) in [5.74, 6) is 1.30. The molecule has 1 heterocycles. The highest BCUT2D eigenvalue weighted by Crippen LogP contribution is 2.27. The number of anilines is 1.